The molecule has 0 heterocycles. The molecule has 0 bridgehead atoms. The Morgan fingerprint density at radius 2 is 1.93 bits per heavy atom. The largest absolute Gasteiger partial charge is 0.402 e. The lowest BCUT2D eigenvalue weighted by atomic mass is 9.53. The van der Waals surface area contributed by atoms with Crippen molar-refractivity contribution in [1.29, 1.82) is 0 Å². The van der Waals surface area contributed by atoms with Crippen molar-refractivity contribution < 1.29 is 0 Å². The van der Waals surface area contributed by atoms with Gasteiger partial charge in [-0.25, -0.2) is 0 Å². The maximum absolute atomic E-state index is 6.47. The standard InChI is InChI=1S/C26H36N2/c1-8-9-10-22(28)21-11-12-26(7)14-20-13-15(2)23(19(6)27)17(4)24(20)18(5)25(26)16(21)3/h8,20,24H,1,3-4,6,9-14,27-28H2,2,5,7H3/b22-21-. The predicted octanol–water partition coefficient (Wildman–Crippen LogP) is 6.22. The second-order valence-electron chi connectivity index (χ2n) is 9.28. The third kappa shape index (κ3) is 3.13. The van der Waals surface area contributed by atoms with Crippen LogP contribution in [0.25, 0.3) is 0 Å². The van der Waals surface area contributed by atoms with Crippen molar-refractivity contribution in [3.05, 3.63) is 82.8 Å². The Balaban J connectivity index is 2.08. The predicted molar refractivity (Wildman–Crippen MR) is 121 cm³/mol. The van der Waals surface area contributed by atoms with E-state index in [-0.39, 0.29) is 5.41 Å². The highest BCUT2D eigenvalue weighted by atomic mass is 14.6. The van der Waals surface area contributed by atoms with Gasteiger partial charge in [0.1, 0.15) is 0 Å². The van der Waals surface area contributed by atoms with E-state index < -0.39 is 0 Å². The lowest BCUT2D eigenvalue weighted by Crippen LogP contribution is -2.40. The fourth-order valence-electron chi connectivity index (χ4n) is 6.22. The van der Waals surface area contributed by atoms with E-state index >= 15 is 0 Å². The van der Waals surface area contributed by atoms with Crippen LogP contribution < -0.4 is 11.5 Å². The van der Waals surface area contributed by atoms with Crippen molar-refractivity contribution in [2.75, 3.05) is 0 Å². The van der Waals surface area contributed by atoms with E-state index in [1.54, 1.807) is 0 Å². The van der Waals surface area contributed by atoms with E-state index in [0.29, 0.717) is 17.5 Å². The van der Waals surface area contributed by atoms with Crippen LogP contribution in [0.3, 0.4) is 0 Å². The van der Waals surface area contributed by atoms with Gasteiger partial charge in [0, 0.05) is 17.3 Å². The zero-order valence-electron chi connectivity index (χ0n) is 18.0. The van der Waals surface area contributed by atoms with Gasteiger partial charge in [-0.3, -0.25) is 0 Å². The van der Waals surface area contributed by atoms with Crippen LogP contribution in [-0.2, 0) is 0 Å². The molecule has 0 radical (unpaired) electrons. The number of fused-ring (bicyclic) bond motifs is 2. The molecule has 3 atom stereocenters. The summed E-state index contributed by atoms with van der Waals surface area (Å²) < 4.78 is 0. The van der Waals surface area contributed by atoms with Gasteiger partial charge in [-0.15, -0.1) is 6.58 Å². The smallest absolute Gasteiger partial charge is 0.0316 e. The second-order valence-corrected chi connectivity index (χ2v) is 9.28. The van der Waals surface area contributed by atoms with Gasteiger partial charge >= 0.3 is 0 Å². The van der Waals surface area contributed by atoms with Crippen molar-refractivity contribution in [3.8, 4) is 0 Å². The molecule has 1 fully saturated rings. The molecule has 0 aromatic carbocycles. The Kier molecular flexibility index (Phi) is 5.36. The summed E-state index contributed by atoms with van der Waals surface area (Å²) in [6, 6.07) is 0. The first-order valence-corrected chi connectivity index (χ1v) is 10.4. The zero-order valence-corrected chi connectivity index (χ0v) is 18.0. The van der Waals surface area contributed by atoms with E-state index in [1.165, 1.54) is 28.7 Å². The van der Waals surface area contributed by atoms with E-state index in [9.17, 15) is 0 Å². The molecule has 0 amide bonds. The monoisotopic (exact) mass is 376 g/mol. The van der Waals surface area contributed by atoms with Crippen LogP contribution in [-0.4, -0.2) is 0 Å². The van der Waals surface area contributed by atoms with Gasteiger partial charge in [0.25, 0.3) is 0 Å². The quantitative estimate of drug-likeness (QED) is 0.572. The molecule has 0 saturated heterocycles. The summed E-state index contributed by atoms with van der Waals surface area (Å²) in [4.78, 5) is 0. The fraction of sp³-hybridized carbons (Fsp3) is 0.462. The van der Waals surface area contributed by atoms with Crippen LogP contribution in [0.4, 0.5) is 0 Å². The number of allylic oxidation sites excluding steroid dienone is 8. The van der Waals surface area contributed by atoms with Gasteiger partial charge in [-0.05, 0) is 91.6 Å². The summed E-state index contributed by atoms with van der Waals surface area (Å²) in [5.41, 5.74) is 23.2. The van der Waals surface area contributed by atoms with Crippen LogP contribution in [0, 0.1) is 17.3 Å². The van der Waals surface area contributed by atoms with Crippen molar-refractivity contribution >= 4 is 0 Å². The van der Waals surface area contributed by atoms with E-state index in [1.807, 2.05) is 6.08 Å². The molecule has 3 rings (SSSR count). The number of nitrogens with two attached hydrogens (primary N) is 2. The highest BCUT2D eigenvalue weighted by molar-refractivity contribution is 5.59. The Morgan fingerprint density at radius 1 is 1.25 bits per heavy atom. The minimum absolute atomic E-state index is 0.169. The molecule has 3 aliphatic carbocycles. The fourth-order valence-corrected chi connectivity index (χ4v) is 6.22. The lowest BCUT2D eigenvalue weighted by molar-refractivity contribution is 0.202. The molecule has 150 valence electrons. The van der Waals surface area contributed by atoms with E-state index in [0.717, 1.165) is 54.5 Å². The Labute approximate surface area is 171 Å². The summed E-state index contributed by atoms with van der Waals surface area (Å²) in [7, 11) is 0. The molecule has 0 aromatic heterocycles. The summed E-state index contributed by atoms with van der Waals surface area (Å²) in [5.74, 6) is 0.911. The van der Waals surface area contributed by atoms with Crippen LogP contribution in [0.5, 0.6) is 0 Å². The molecule has 2 nitrogen and oxygen atoms in total. The molecule has 0 aromatic rings. The molecule has 2 heteroatoms. The Morgan fingerprint density at radius 3 is 2.54 bits per heavy atom. The van der Waals surface area contributed by atoms with Crippen LogP contribution in [0.1, 0.15) is 59.3 Å². The number of rotatable bonds is 4. The summed E-state index contributed by atoms with van der Waals surface area (Å²) in [5, 5.41) is 0. The summed E-state index contributed by atoms with van der Waals surface area (Å²) in [6.07, 6.45) is 8.10. The maximum atomic E-state index is 6.47. The first kappa shape index (κ1) is 20.5. The van der Waals surface area contributed by atoms with E-state index in [4.69, 9.17) is 11.5 Å². The van der Waals surface area contributed by atoms with Gasteiger partial charge < -0.3 is 11.5 Å². The van der Waals surface area contributed by atoms with Gasteiger partial charge in [0.15, 0.2) is 0 Å². The number of hydrogen-bond donors (Lipinski definition) is 2. The first-order valence-electron chi connectivity index (χ1n) is 10.4. The molecular weight excluding hydrogens is 340 g/mol. The maximum Gasteiger partial charge on any atom is 0.0316 e. The van der Waals surface area contributed by atoms with Crippen LogP contribution >= 0.6 is 0 Å². The lowest BCUT2D eigenvalue weighted by Gasteiger charge is -2.51. The summed E-state index contributed by atoms with van der Waals surface area (Å²) in [6.45, 7) is 23.7. The minimum Gasteiger partial charge on any atom is -0.402 e. The molecule has 0 spiro atoms. The van der Waals surface area contributed by atoms with Crippen molar-refractivity contribution in [2.24, 2.45) is 28.7 Å². The zero-order chi connectivity index (χ0) is 20.8. The SMILES string of the molecule is C=CCC/C(N)=C1\CCC2(C)CC3CC(C)=C(C(=C)N)C(=C)C3C(C)=C2C1=C. The van der Waals surface area contributed by atoms with Crippen LogP contribution in [0.2, 0.25) is 0 Å². The van der Waals surface area contributed by atoms with Gasteiger partial charge in [-0.2, -0.15) is 0 Å². The average Bonchev–Trinajstić information content (AvgIpc) is 2.58. The van der Waals surface area contributed by atoms with Crippen LogP contribution in [0.15, 0.2) is 82.8 Å². The topological polar surface area (TPSA) is 52.0 Å². The van der Waals surface area contributed by atoms with Crippen molar-refractivity contribution in [1.82, 2.24) is 0 Å². The first-order chi connectivity index (χ1) is 13.1. The molecule has 3 aliphatic rings. The number of hydrogen-bond acceptors (Lipinski definition) is 2. The Bertz CT molecular complexity index is 861. The molecular formula is C26H36N2. The third-order valence-corrected chi connectivity index (χ3v) is 7.26. The molecule has 0 aliphatic heterocycles. The normalized spacial score (nSPS) is 32.1. The molecule has 1 saturated carbocycles. The minimum atomic E-state index is 0.169. The molecule has 4 N–H and O–H groups in total. The van der Waals surface area contributed by atoms with E-state index in [2.05, 4.69) is 47.1 Å². The van der Waals surface area contributed by atoms with Crippen molar-refractivity contribution in [3.63, 3.8) is 0 Å². The highest BCUT2D eigenvalue weighted by Crippen LogP contribution is 2.60. The second kappa shape index (κ2) is 7.31. The van der Waals surface area contributed by atoms with Crippen molar-refractivity contribution in [2.45, 2.75) is 59.3 Å². The van der Waals surface area contributed by atoms with Gasteiger partial charge in [0.05, 0.1) is 0 Å². The average molecular weight is 377 g/mol. The third-order valence-electron chi connectivity index (χ3n) is 7.26. The molecule has 3 unspecified atom stereocenters. The van der Waals surface area contributed by atoms with Gasteiger partial charge in [-0.1, -0.05) is 43.9 Å². The Hall–Kier alpha value is -2.22. The molecule has 28 heavy (non-hydrogen) atoms. The van der Waals surface area contributed by atoms with Gasteiger partial charge in [0.2, 0.25) is 0 Å². The summed E-state index contributed by atoms with van der Waals surface area (Å²) >= 11 is 0. The highest BCUT2D eigenvalue weighted by Gasteiger charge is 2.48.